The number of rotatable bonds is 4. The van der Waals surface area contributed by atoms with Gasteiger partial charge in [0.25, 0.3) is 11.9 Å². The van der Waals surface area contributed by atoms with E-state index in [0.717, 1.165) is 4.68 Å². The number of halogens is 4. The van der Waals surface area contributed by atoms with Gasteiger partial charge >= 0.3 is 6.18 Å². The molecule has 0 fully saturated rings. The van der Waals surface area contributed by atoms with Crippen molar-refractivity contribution in [2.45, 2.75) is 19.1 Å². The monoisotopic (exact) mass is 436 g/mol. The van der Waals surface area contributed by atoms with E-state index in [1.165, 1.54) is 23.7 Å². The minimum absolute atomic E-state index is 0. The van der Waals surface area contributed by atoms with E-state index in [1.54, 1.807) is 12.3 Å². The third-order valence-electron chi connectivity index (χ3n) is 3.29. The molecule has 0 aromatic carbocycles. The maximum Gasteiger partial charge on any atom is 0.419 e. The topological polar surface area (TPSA) is 85.6 Å². The van der Waals surface area contributed by atoms with Crippen molar-refractivity contribution in [1.29, 1.82) is 0 Å². The van der Waals surface area contributed by atoms with Crippen LogP contribution in [0.15, 0.2) is 30.2 Å². The predicted octanol–water partition coefficient (Wildman–Crippen LogP) is 3.39. The quantitative estimate of drug-likeness (QED) is 0.677. The molecular formula is C14H12ClF3N6OS2. The van der Waals surface area contributed by atoms with Crippen LogP contribution >= 0.6 is 36.4 Å². The molecule has 3 aromatic heterocycles. The van der Waals surface area contributed by atoms with Crippen molar-refractivity contribution in [2.24, 2.45) is 0 Å². The first-order valence-corrected chi connectivity index (χ1v) is 8.36. The number of hydrogen-bond acceptors (Lipinski definition) is 6. The lowest BCUT2D eigenvalue weighted by atomic mass is 10.2. The van der Waals surface area contributed by atoms with Crippen LogP contribution in [-0.2, 0) is 6.18 Å². The Morgan fingerprint density at radius 2 is 1.96 bits per heavy atom. The summed E-state index contributed by atoms with van der Waals surface area (Å²) in [7, 11) is 0. The molecule has 3 aromatic rings. The smallest absolute Gasteiger partial charge is 0.342 e. The highest BCUT2D eigenvalue weighted by Crippen LogP contribution is 2.28. The number of thiophene rings is 1. The largest absolute Gasteiger partial charge is 0.419 e. The van der Waals surface area contributed by atoms with Crippen molar-refractivity contribution >= 4 is 42.3 Å². The van der Waals surface area contributed by atoms with Crippen LogP contribution < -0.4 is 5.32 Å². The van der Waals surface area contributed by atoms with Crippen molar-refractivity contribution in [3.8, 4) is 5.95 Å². The Labute approximate surface area is 167 Å². The lowest BCUT2D eigenvalue weighted by Crippen LogP contribution is -2.28. The third kappa shape index (κ3) is 4.76. The Balaban J connectivity index is 0.00000261. The number of carbonyl (C=O) groups excluding carboxylic acids is 1. The minimum Gasteiger partial charge on any atom is -0.342 e. The number of hydrogen-bond donors (Lipinski definition) is 1. The Morgan fingerprint density at radius 1 is 1.30 bits per heavy atom. The van der Waals surface area contributed by atoms with Crippen LogP contribution in [-0.4, -0.2) is 30.6 Å². The molecule has 0 bridgehead atoms. The number of nitrogens with zero attached hydrogens (tertiary/aromatic N) is 5. The molecule has 27 heavy (non-hydrogen) atoms. The zero-order valence-electron chi connectivity index (χ0n) is 13.5. The Morgan fingerprint density at radius 3 is 2.52 bits per heavy atom. The fraction of sp³-hybridized carbons (Fsp3) is 0.214. The van der Waals surface area contributed by atoms with Crippen LogP contribution in [0.4, 0.5) is 13.2 Å². The molecule has 0 aliphatic heterocycles. The first-order chi connectivity index (χ1) is 12.3. The fourth-order valence-corrected chi connectivity index (χ4v) is 2.91. The van der Waals surface area contributed by atoms with E-state index >= 15 is 0 Å². The van der Waals surface area contributed by atoms with Crippen molar-refractivity contribution < 1.29 is 18.0 Å². The summed E-state index contributed by atoms with van der Waals surface area (Å²) < 4.78 is 39.4. The van der Waals surface area contributed by atoms with Crippen LogP contribution in [0.2, 0.25) is 4.34 Å². The van der Waals surface area contributed by atoms with Gasteiger partial charge in [-0.1, -0.05) is 11.6 Å². The van der Waals surface area contributed by atoms with Crippen molar-refractivity contribution in [1.82, 2.24) is 30.0 Å². The molecule has 0 radical (unpaired) electrons. The first kappa shape index (κ1) is 21.1. The average molecular weight is 437 g/mol. The lowest BCUT2D eigenvalue weighted by Gasteiger charge is -2.13. The summed E-state index contributed by atoms with van der Waals surface area (Å²) in [5, 5.41) is 8.23. The number of nitrogens with one attached hydrogen (secondary N) is 1. The van der Waals surface area contributed by atoms with Crippen molar-refractivity contribution in [3.05, 3.63) is 51.5 Å². The van der Waals surface area contributed by atoms with Gasteiger partial charge in [0.15, 0.2) is 5.82 Å². The van der Waals surface area contributed by atoms with Crippen molar-refractivity contribution in [2.75, 3.05) is 0 Å². The zero-order valence-corrected chi connectivity index (χ0v) is 16.1. The van der Waals surface area contributed by atoms with E-state index in [9.17, 15) is 18.0 Å². The average Bonchev–Trinajstić information content (AvgIpc) is 3.23. The van der Waals surface area contributed by atoms with Gasteiger partial charge in [-0.25, -0.2) is 15.0 Å². The summed E-state index contributed by atoms with van der Waals surface area (Å²) in [6.07, 6.45) is -2.03. The standard InChI is InChI=1S/C14H10ClF3N6OS.H2S/c1-7(23-12(25)8-2-10(15)26-5-8)11-21-6-22-24(11)13-19-3-9(4-20-13)14(16,17)18;/h2-7H,1H3,(H,23,25);1H2/t7-;/m1./s1. The van der Waals surface area contributed by atoms with Gasteiger partial charge in [-0.05, 0) is 13.0 Å². The fourth-order valence-electron chi connectivity index (χ4n) is 2.05. The predicted molar refractivity (Wildman–Crippen MR) is 97.5 cm³/mol. The normalized spacial score (nSPS) is 12.3. The molecule has 7 nitrogen and oxygen atoms in total. The van der Waals surface area contributed by atoms with Gasteiger partial charge in [-0.3, -0.25) is 4.79 Å². The summed E-state index contributed by atoms with van der Waals surface area (Å²) in [5.74, 6) is -0.201. The van der Waals surface area contributed by atoms with E-state index in [4.69, 9.17) is 11.6 Å². The highest BCUT2D eigenvalue weighted by Gasteiger charge is 2.31. The summed E-state index contributed by atoms with van der Waals surface area (Å²) in [4.78, 5) is 23.6. The Bertz CT molecular complexity index is 928. The molecule has 3 rings (SSSR count). The third-order valence-corrected chi connectivity index (χ3v) is 4.38. The molecule has 13 heteroatoms. The molecule has 0 aliphatic rings. The van der Waals surface area contributed by atoms with Crippen LogP contribution in [0.25, 0.3) is 5.95 Å². The first-order valence-electron chi connectivity index (χ1n) is 7.10. The van der Waals surface area contributed by atoms with Crippen LogP contribution in [0, 0.1) is 0 Å². The van der Waals surface area contributed by atoms with Crippen LogP contribution in [0.1, 0.15) is 34.7 Å². The number of alkyl halides is 3. The van der Waals surface area contributed by atoms with E-state index in [0.29, 0.717) is 22.3 Å². The van der Waals surface area contributed by atoms with Gasteiger partial charge in [0, 0.05) is 17.8 Å². The van der Waals surface area contributed by atoms with E-state index in [-0.39, 0.29) is 31.2 Å². The van der Waals surface area contributed by atoms with E-state index < -0.39 is 17.8 Å². The highest BCUT2D eigenvalue weighted by molar-refractivity contribution is 7.59. The summed E-state index contributed by atoms with van der Waals surface area (Å²) in [6.45, 7) is 1.65. The summed E-state index contributed by atoms with van der Waals surface area (Å²) in [6, 6.07) is 0.924. The molecule has 1 N–H and O–H groups in total. The molecule has 1 amide bonds. The minimum atomic E-state index is -4.53. The molecular weight excluding hydrogens is 425 g/mol. The molecule has 0 saturated heterocycles. The Hall–Kier alpha value is -2.18. The zero-order chi connectivity index (χ0) is 18.9. The van der Waals surface area contributed by atoms with E-state index in [1.807, 2.05) is 0 Å². The molecule has 3 heterocycles. The second kappa shape index (κ2) is 8.23. The van der Waals surface area contributed by atoms with Crippen LogP contribution in [0.5, 0.6) is 0 Å². The second-order valence-electron chi connectivity index (χ2n) is 5.13. The number of carbonyl (C=O) groups is 1. The van der Waals surface area contributed by atoms with Gasteiger partial charge < -0.3 is 5.32 Å². The Kier molecular flexibility index (Phi) is 6.44. The van der Waals surface area contributed by atoms with E-state index in [2.05, 4.69) is 25.4 Å². The van der Waals surface area contributed by atoms with Gasteiger partial charge in [-0.15, -0.1) is 11.3 Å². The molecule has 144 valence electrons. The molecule has 1 atom stereocenters. The van der Waals surface area contributed by atoms with Gasteiger partial charge in [-0.2, -0.15) is 36.4 Å². The van der Waals surface area contributed by atoms with Crippen molar-refractivity contribution in [3.63, 3.8) is 0 Å². The molecule has 0 unspecified atom stereocenters. The maximum absolute atomic E-state index is 12.6. The summed E-state index contributed by atoms with van der Waals surface area (Å²) in [5.41, 5.74) is -0.581. The molecule has 0 saturated carbocycles. The number of aromatic nitrogens is 5. The maximum atomic E-state index is 12.6. The SMILES string of the molecule is C[C@@H](NC(=O)c1csc(Cl)c1)c1ncnn1-c1ncc(C(F)(F)F)cn1.S. The van der Waals surface area contributed by atoms with Gasteiger partial charge in [0.2, 0.25) is 0 Å². The van der Waals surface area contributed by atoms with Gasteiger partial charge in [0.1, 0.15) is 6.33 Å². The lowest BCUT2D eigenvalue weighted by molar-refractivity contribution is -0.138. The van der Waals surface area contributed by atoms with Gasteiger partial charge in [0.05, 0.1) is 21.5 Å². The van der Waals surface area contributed by atoms with Crippen LogP contribution in [0.3, 0.4) is 0 Å². The number of amides is 1. The molecule has 0 spiro atoms. The summed E-state index contributed by atoms with van der Waals surface area (Å²) >= 11 is 7.03. The second-order valence-corrected chi connectivity index (χ2v) is 6.68. The highest BCUT2D eigenvalue weighted by atomic mass is 35.5. The molecule has 0 aliphatic carbocycles.